The van der Waals surface area contributed by atoms with Gasteiger partial charge in [-0.15, -0.1) is 0 Å². The van der Waals surface area contributed by atoms with Crippen molar-refractivity contribution in [3.05, 3.63) is 66.2 Å². The van der Waals surface area contributed by atoms with E-state index in [1.165, 1.54) is 0 Å². The molecule has 0 aromatic heterocycles. The number of fused-ring (bicyclic) bond motifs is 1. The molecule has 0 bridgehead atoms. The van der Waals surface area contributed by atoms with Gasteiger partial charge in [-0.05, 0) is 37.6 Å². The average Bonchev–Trinajstić information content (AvgIpc) is 2.88. The summed E-state index contributed by atoms with van der Waals surface area (Å²) in [7, 11) is 0. The molecule has 2 amide bonds. The number of ether oxygens (including phenoxy) is 1. The molecule has 2 heterocycles. The van der Waals surface area contributed by atoms with E-state index in [0.29, 0.717) is 12.0 Å². The molecule has 2 aromatic carbocycles. The lowest BCUT2D eigenvalue weighted by Crippen LogP contribution is -2.75. The molecular weight excluding hydrogens is 304 g/mol. The minimum atomic E-state index is -0.504. The van der Waals surface area contributed by atoms with Gasteiger partial charge < -0.3 is 4.74 Å². The summed E-state index contributed by atoms with van der Waals surface area (Å²) in [5.74, 6) is -0.393. The molecule has 4 rings (SSSR count). The number of para-hydroxylation sites is 1. The Morgan fingerprint density at radius 2 is 1.71 bits per heavy atom. The number of carbonyl (C=O) groups is 2. The molecule has 2 aromatic rings. The molecule has 0 N–H and O–H groups in total. The Morgan fingerprint density at radius 1 is 1.08 bits per heavy atom. The first kappa shape index (κ1) is 14.8. The molecule has 2 aliphatic heterocycles. The van der Waals surface area contributed by atoms with Crippen LogP contribution in [0.3, 0.4) is 0 Å². The third-order valence-corrected chi connectivity index (χ3v) is 4.82. The third-order valence-electron chi connectivity index (χ3n) is 4.82. The van der Waals surface area contributed by atoms with Gasteiger partial charge in [-0.2, -0.15) is 0 Å². The highest BCUT2D eigenvalue weighted by atomic mass is 16.6. The number of benzene rings is 2. The van der Waals surface area contributed by atoms with Crippen LogP contribution in [-0.2, 0) is 4.74 Å². The second kappa shape index (κ2) is 5.37. The van der Waals surface area contributed by atoms with Crippen molar-refractivity contribution < 1.29 is 14.3 Å². The summed E-state index contributed by atoms with van der Waals surface area (Å²) in [5.41, 5.74) is 0.940. The van der Waals surface area contributed by atoms with Gasteiger partial charge in [0.15, 0.2) is 6.23 Å². The van der Waals surface area contributed by atoms with Gasteiger partial charge in [-0.3, -0.25) is 9.80 Å². The maximum absolute atomic E-state index is 12.6. The number of rotatable bonds is 3. The lowest BCUT2D eigenvalue weighted by atomic mass is 10.0. The lowest BCUT2D eigenvalue weighted by molar-refractivity contribution is -0.0372. The number of nitrogens with zero attached hydrogens (tertiary/aromatic N) is 2. The summed E-state index contributed by atoms with van der Waals surface area (Å²) in [6.07, 6.45) is 0.903. The average molecular weight is 322 g/mol. The monoisotopic (exact) mass is 322 g/mol. The Hall–Kier alpha value is -2.82. The van der Waals surface area contributed by atoms with Crippen LogP contribution in [0.4, 0.5) is 10.5 Å². The molecular formula is C19H18N2O3. The Balaban J connectivity index is 1.52. The first-order chi connectivity index (χ1) is 11.6. The lowest BCUT2D eigenvalue weighted by Gasteiger charge is -2.55. The molecule has 5 nitrogen and oxygen atoms in total. The summed E-state index contributed by atoms with van der Waals surface area (Å²) in [5, 5.41) is 0. The van der Waals surface area contributed by atoms with E-state index in [2.05, 4.69) is 0 Å². The first-order valence-corrected chi connectivity index (χ1v) is 8.06. The number of anilines is 1. The molecule has 0 unspecified atom stereocenters. The van der Waals surface area contributed by atoms with Crippen molar-refractivity contribution in [3.8, 4) is 0 Å². The van der Waals surface area contributed by atoms with Crippen molar-refractivity contribution in [2.45, 2.75) is 31.7 Å². The summed E-state index contributed by atoms with van der Waals surface area (Å²) in [6, 6.07) is 18.3. The number of carbonyl (C=O) groups excluding carboxylic acids is 2. The molecule has 2 fully saturated rings. The van der Waals surface area contributed by atoms with Gasteiger partial charge in [0.05, 0.1) is 5.56 Å². The summed E-state index contributed by atoms with van der Waals surface area (Å²) in [6.45, 7) is 2.01. The number of esters is 1. The van der Waals surface area contributed by atoms with Gasteiger partial charge in [0.1, 0.15) is 5.66 Å². The maximum Gasteiger partial charge on any atom is 0.340 e. The molecule has 24 heavy (non-hydrogen) atoms. The van der Waals surface area contributed by atoms with Gasteiger partial charge in [-0.1, -0.05) is 36.4 Å². The van der Waals surface area contributed by atoms with Gasteiger partial charge in [0.2, 0.25) is 0 Å². The number of hydrogen-bond donors (Lipinski definition) is 0. The van der Waals surface area contributed by atoms with Crippen LogP contribution in [-0.4, -0.2) is 28.8 Å². The van der Waals surface area contributed by atoms with Crippen LogP contribution in [0.15, 0.2) is 60.7 Å². The standard InChI is InChI=1S/C19H18N2O3/c1-19-13-12-16(24-17(22)14-8-4-2-5-9-14)21(19)18(23)20(19)15-10-6-3-7-11-15/h2-11,16H,12-13H2,1H3/t16-,19+/m0/s1. The third kappa shape index (κ3) is 2.08. The van der Waals surface area contributed by atoms with Crippen LogP contribution in [0.25, 0.3) is 0 Å². The fourth-order valence-corrected chi connectivity index (χ4v) is 3.62. The van der Waals surface area contributed by atoms with Crippen LogP contribution in [0.5, 0.6) is 0 Å². The minimum absolute atomic E-state index is 0.118. The smallest absolute Gasteiger partial charge is 0.340 e. The van der Waals surface area contributed by atoms with Crippen LogP contribution in [0.2, 0.25) is 0 Å². The zero-order chi connectivity index (χ0) is 16.7. The number of amides is 2. The van der Waals surface area contributed by atoms with E-state index in [4.69, 9.17) is 4.74 Å². The SMILES string of the molecule is C[C@]12CC[C@H](OC(=O)c3ccccc3)N1C(=O)N2c1ccccc1. The Morgan fingerprint density at radius 3 is 2.38 bits per heavy atom. The topological polar surface area (TPSA) is 49.9 Å². The molecule has 5 heteroatoms. The van der Waals surface area contributed by atoms with E-state index in [9.17, 15) is 9.59 Å². The van der Waals surface area contributed by atoms with Crippen molar-refractivity contribution >= 4 is 17.7 Å². The summed E-state index contributed by atoms with van der Waals surface area (Å²) >= 11 is 0. The molecule has 0 aliphatic carbocycles. The maximum atomic E-state index is 12.6. The minimum Gasteiger partial charge on any atom is -0.438 e. The molecule has 2 saturated heterocycles. The van der Waals surface area contributed by atoms with Crippen molar-refractivity contribution in [3.63, 3.8) is 0 Å². The molecule has 122 valence electrons. The van der Waals surface area contributed by atoms with Crippen molar-refractivity contribution in [2.75, 3.05) is 4.90 Å². The van der Waals surface area contributed by atoms with Gasteiger partial charge >= 0.3 is 12.0 Å². The Bertz CT molecular complexity index is 778. The van der Waals surface area contributed by atoms with E-state index in [0.717, 1.165) is 12.1 Å². The fourth-order valence-electron chi connectivity index (χ4n) is 3.62. The van der Waals surface area contributed by atoms with Crippen molar-refractivity contribution in [2.24, 2.45) is 0 Å². The summed E-state index contributed by atoms with van der Waals surface area (Å²) in [4.78, 5) is 28.4. The van der Waals surface area contributed by atoms with Crippen LogP contribution >= 0.6 is 0 Å². The zero-order valence-electron chi connectivity index (χ0n) is 13.4. The van der Waals surface area contributed by atoms with Crippen molar-refractivity contribution in [1.29, 1.82) is 0 Å². The van der Waals surface area contributed by atoms with E-state index in [-0.39, 0.29) is 6.03 Å². The van der Waals surface area contributed by atoms with Crippen molar-refractivity contribution in [1.82, 2.24) is 4.90 Å². The Labute approximate surface area is 140 Å². The molecule has 0 spiro atoms. The van der Waals surface area contributed by atoms with Gasteiger partial charge in [0, 0.05) is 12.1 Å². The largest absolute Gasteiger partial charge is 0.438 e. The summed E-state index contributed by atoms with van der Waals surface area (Å²) < 4.78 is 5.59. The predicted octanol–water partition coefficient (Wildman–Crippen LogP) is 3.62. The highest BCUT2D eigenvalue weighted by Gasteiger charge is 2.62. The fraction of sp³-hybridized carbons (Fsp3) is 0.263. The van der Waals surface area contributed by atoms with E-state index in [1.54, 1.807) is 34.1 Å². The highest BCUT2D eigenvalue weighted by Crippen LogP contribution is 2.48. The number of hydrogen-bond acceptors (Lipinski definition) is 3. The van der Waals surface area contributed by atoms with E-state index in [1.807, 2.05) is 43.3 Å². The molecule has 2 atom stereocenters. The first-order valence-electron chi connectivity index (χ1n) is 8.06. The predicted molar refractivity (Wildman–Crippen MR) is 89.4 cm³/mol. The quantitative estimate of drug-likeness (QED) is 0.811. The number of urea groups is 1. The zero-order valence-corrected chi connectivity index (χ0v) is 13.4. The van der Waals surface area contributed by atoms with Crippen LogP contribution in [0.1, 0.15) is 30.1 Å². The molecule has 0 saturated carbocycles. The van der Waals surface area contributed by atoms with E-state index < -0.39 is 17.9 Å². The Kier molecular flexibility index (Phi) is 3.30. The second-order valence-corrected chi connectivity index (χ2v) is 6.31. The normalized spacial score (nSPS) is 25.2. The van der Waals surface area contributed by atoms with Gasteiger partial charge in [-0.25, -0.2) is 9.59 Å². The van der Waals surface area contributed by atoms with Crippen LogP contribution in [0, 0.1) is 0 Å². The molecule has 0 radical (unpaired) electrons. The highest BCUT2D eigenvalue weighted by molar-refractivity contribution is 6.01. The molecule has 2 aliphatic rings. The van der Waals surface area contributed by atoms with Crippen LogP contribution < -0.4 is 4.90 Å². The van der Waals surface area contributed by atoms with E-state index >= 15 is 0 Å². The second-order valence-electron chi connectivity index (χ2n) is 6.31. The van der Waals surface area contributed by atoms with Gasteiger partial charge in [0.25, 0.3) is 0 Å².